The first-order chi connectivity index (χ1) is 34.0. The zero-order valence-electron chi connectivity index (χ0n) is 43.8. The summed E-state index contributed by atoms with van der Waals surface area (Å²) in [5.74, 6) is -1.05. The van der Waals surface area contributed by atoms with E-state index in [-0.39, 0.29) is 37.5 Å². The summed E-state index contributed by atoms with van der Waals surface area (Å²) in [6.45, 7) is 6.18. The maximum atomic E-state index is 12.8. The Morgan fingerprint density at radius 1 is 0.290 bits per heavy atom. The second-order valence-corrected chi connectivity index (χ2v) is 17.0. The van der Waals surface area contributed by atoms with E-state index in [1.165, 1.54) is 0 Å². The number of carbonyl (C=O) groups excluding carboxylic acids is 3. The molecule has 0 aromatic rings. The molecule has 384 valence electrons. The Morgan fingerprint density at radius 2 is 0.536 bits per heavy atom. The minimum atomic E-state index is -0.836. The number of ether oxygens (including phenoxy) is 3. The molecule has 0 N–H and O–H groups in total. The van der Waals surface area contributed by atoms with Crippen LogP contribution in [0.3, 0.4) is 0 Å². The summed E-state index contributed by atoms with van der Waals surface area (Å²) in [6.07, 6.45) is 80.9. The molecule has 6 heteroatoms. The van der Waals surface area contributed by atoms with Gasteiger partial charge in [0.15, 0.2) is 6.10 Å². The van der Waals surface area contributed by atoms with Gasteiger partial charge in [0.25, 0.3) is 0 Å². The van der Waals surface area contributed by atoms with E-state index < -0.39 is 6.10 Å². The van der Waals surface area contributed by atoms with Gasteiger partial charge in [0, 0.05) is 19.3 Å². The van der Waals surface area contributed by atoms with E-state index in [0.29, 0.717) is 19.3 Å². The fourth-order valence-electron chi connectivity index (χ4n) is 6.58. The highest BCUT2D eigenvalue weighted by atomic mass is 16.6. The van der Waals surface area contributed by atoms with Crippen LogP contribution in [0.4, 0.5) is 0 Å². The van der Waals surface area contributed by atoms with Crippen LogP contribution in [0.15, 0.2) is 158 Å². The SMILES string of the molecule is CC/C=C\C/C=C\C/C=C\C/C=C\C/C=C\CCCCCCCC(=O)OCC(COC(=O)CCCCC/C=C\C/C=C\C/C=C\CC)OC(=O)CCC/C=C\C/C=C\C/C=C\C/C=C\C/C=C\CC. The van der Waals surface area contributed by atoms with Crippen molar-refractivity contribution in [2.24, 2.45) is 0 Å². The Morgan fingerprint density at radius 3 is 0.870 bits per heavy atom. The van der Waals surface area contributed by atoms with E-state index in [2.05, 4.69) is 179 Å². The van der Waals surface area contributed by atoms with E-state index in [9.17, 15) is 14.4 Å². The third-order valence-corrected chi connectivity index (χ3v) is 10.5. The smallest absolute Gasteiger partial charge is 0.306 e. The first-order valence-corrected chi connectivity index (χ1v) is 27.0. The highest BCUT2D eigenvalue weighted by molar-refractivity contribution is 5.71. The van der Waals surface area contributed by atoms with Crippen molar-refractivity contribution in [1.82, 2.24) is 0 Å². The van der Waals surface area contributed by atoms with Gasteiger partial charge in [0.05, 0.1) is 0 Å². The van der Waals surface area contributed by atoms with E-state index in [1.807, 2.05) is 0 Å². The van der Waals surface area contributed by atoms with Crippen LogP contribution in [-0.2, 0) is 28.6 Å². The second kappa shape index (κ2) is 55.6. The van der Waals surface area contributed by atoms with Gasteiger partial charge in [-0.15, -0.1) is 0 Å². The Balaban J connectivity index is 4.56. The van der Waals surface area contributed by atoms with Gasteiger partial charge in [0.2, 0.25) is 0 Å². The molecule has 1 atom stereocenters. The average Bonchev–Trinajstić information content (AvgIpc) is 3.35. The molecule has 0 fully saturated rings. The van der Waals surface area contributed by atoms with Gasteiger partial charge in [0.1, 0.15) is 13.2 Å². The molecular weight excluding hydrogens is 853 g/mol. The molecule has 0 rings (SSSR count). The number of allylic oxidation sites excluding steroid dienone is 26. The number of esters is 3. The van der Waals surface area contributed by atoms with Gasteiger partial charge in [-0.1, -0.05) is 204 Å². The number of carbonyl (C=O) groups is 3. The fraction of sp³-hybridized carbons (Fsp3) is 0.540. The highest BCUT2D eigenvalue weighted by Crippen LogP contribution is 2.11. The van der Waals surface area contributed by atoms with Gasteiger partial charge >= 0.3 is 17.9 Å². The lowest BCUT2D eigenvalue weighted by Crippen LogP contribution is -2.30. The van der Waals surface area contributed by atoms with E-state index >= 15 is 0 Å². The first-order valence-electron chi connectivity index (χ1n) is 27.0. The van der Waals surface area contributed by atoms with Crippen LogP contribution in [0, 0.1) is 0 Å². The molecule has 0 aliphatic heterocycles. The Bertz CT molecular complexity index is 1610. The molecule has 0 heterocycles. The standard InChI is InChI=1S/C63H96O6/c1-4-7-10-13-16-19-22-25-27-29-30-31-32-34-35-38-41-44-47-50-53-56-62(65)68-59-60(58-67-61(64)55-52-49-46-43-40-37-24-21-18-15-12-9-6-3)69-63(66)57-54-51-48-45-42-39-36-33-28-26-23-20-17-14-11-8-5-2/h7-12,16-21,25-28,30-31,34-37,39-40,45,48,60H,4-6,13-15,22-24,29,32-33,38,41-44,46-47,49-59H2,1-3H3/b10-7-,11-8-,12-9-,19-16-,20-17-,21-18-,27-25-,28-26-,31-30-,35-34-,39-36-,40-37-,48-45-. The van der Waals surface area contributed by atoms with Gasteiger partial charge in [-0.2, -0.15) is 0 Å². The van der Waals surface area contributed by atoms with Crippen molar-refractivity contribution in [3.63, 3.8) is 0 Å². The summed E-state index contributed by atoms with van der Waals surface area (Å²) in [5.41, 5.74) is 0. The Hall–Kier alpha value is -4.97. The largest absolute Gasteiger partial charge is 0.462 e. The molecule has 0 aliphatic carbocycles. The molecule has 0 radical (unpaired) electrons. The molecule has 0 aliphatic rings. The topological polar surface area (TPSA) is 78.9 Å². The molecule has 0 bridgehead atoms. The molecule has 0 spiro atoms. The minimum absolute atomic E-state index is 0.128. The van der Waals surface area contributed by atoms with Crippen LogP contribution in [0.2, 0.25) is 0 Å². The van der Waals surface area contributed by atoms with Crippen LogP contribution in [0.5, 0.6) is 0 Å². The maximum Gasteiger partial charge on any atom is 0.306 e. The summed E-state index contributed by atoms with van der Waals surface area (Å²) >= 11 is 0. The van der Waals surface area contributed by atoms with Crippen molar-refractivity contribution in [1.29, 1.82) is 0 Å². The fourth-order valence-corrected chi connectivity index (χ4v) is 6.58. The van der Waals surface area contributed by atoms with Gasteiger partial charge in [-0.05, 0) is 135 Å². The van der Waals surface area contributed by atoms with Crippen molar-refractivity contribution in [3.8, 4) is 0 Å². The molecule has 0 aromatic heterocycles. The lowest BCUT2D eigenvalue weighted by molar-refractivity contribution is -0.167. The first kappa shape index (κ1) is 64.0. The number of rotatable bonds is 46. The monoisotopic (exact) mass is 949 g/mol. The van der Waals surface area contributed by atoms with Crippen molar-refractivity contribution in [3.05, 3.63) is 158 Å². The van der Waals surface area contributed by atoms with E-state index in [4.69, 9.17) is 14.2 Å². The van der Waals surface area contributed by atoms with Gasteiger partial charge in [-0.3, -0.25) is 14.4 Å². The molecule has 6 nitrogen and oxygen atoms in total. The van der Waals surface area contributed by atoms with Gasteiger partial charge in [-0.25, -0.2) is 0 Å². The predicted molar refractivity (Wildman–Crippen MR) is 297 cm³/mol. The second-order valence-electron chi connectivity index (χ2n) is 17.0. The molecule has 0 aromatic carbocycles. The minimum Gasteiger partial charge on any atom is -0.462 e. The molecule has 0 saturated carbocycles. The zero-order valence-corrected chi connectivity index (χ0v) is 43.8. The van der Waals surface area contributed by atoms with Crippen molar-refractivity contribution in [2.75, 3.05) is 13.2 Å². The third-order valence-electron chi connectivity index (χ3n) is 10.5. The number of hydrogen-bond acceptors (Lipinski definition) is 6. The Labute approximate surface area is 422 Å². The number of unbranched alkanes of at least 4 members (excludes halogenated alkanes) is 9. The lowest BCUT2D eigenvalue weighted by atomic mass is 10.1. The van der Waals surface area contributed by atoms with Crippen molar-refractivity contribution in [2.45, 2.75) is 207 Å². The van der Waals surface area contributed by atoms with Crippen LogP contribution in [0.1, 0.15) is 201 Å². The zero-order chi connectivity index (χ0) is 50.0. The molecule has 1 unspecified atom stereocenters. The Kier molecular flexibility index (Phi) is 51.6. The van der Waals surface area contributed by atoms with Crippen molar-refractivity contribution >= 4 is 17.9 Å². The highest BCUT2D eigenvalue weighted by Gasteiger charge is 2.19. The number of hydrogen-bond donors (Lipinski definition) is 0. The lowest BCUT2D eigenvalue weighted by Gasteiger charge is -2.18. The summed E-state index contributed by atoms with van der Waals surface area (Å²) in [7, 11) is 0. The van der Waals surface area contributed by atoms with Crippen LogP contribution < -0.4 is 0 Å². The van der Waals surface area contributed by atoms with Crippen LogP contribution in [0.25, 0.3) is 0 Å². The summed E-state index contributed by atoms with van der Waals surface area (Å²) < 4.78 is 16.7. The normalized spacial score (nSPS) is 13.4. The van der Waals surface area contributed by atoms with E-state index in [0.717, 1.165) is 154 Å². The summed E-state index contributed by atoms with van der Waals surface area (Å²) in [6, 6.07) is 0. The summed E-state index contributed by atoms with van der Waals surface area (Å²) in [5, 5.41) is 0. The summed E-state index contributed by atoms with van der Waals surface area (Å²) in [4.78, 5) is 38.1. The third kappa shape index (κ3) is 53.8. The molecule has 69 heavy (non-hydrogen) atoms. The quantitative estimate of drug-likeness (QED) is 0.0262. The average molecular weight is 949 g/mol. The van der Waals surface area contributed by atoms with Crippen LogP contribution >= 0.6 is 0 Å². The van der Waals surface area contributed by atoms with Gasteiger partial charge < -0.3 is 14.2 Å². The molecule has 0 saturated heterocycles. The molecule has 0 amide bonds. The van der Waals surface area contributed by atoms with Crippen LogP contribution in [-0.4, -0.2) is 37.2 Å². The van der Waals surface area contributed by atoms with E-state index in [1.54, 1.807) is 0 Å². The molecular formula is C63H96O6. The predicted octanol–water partition coefficient (Wildman–Crippen LogP) is 18.2. The van der Waals surface area contributed by atoms with Crippen molar-refractivity contribution < 1.29 is 28.6 Å². The maximum absolute atomic E-state index is 12.8.